The summed E-state index contributed by atoms with van der Waals surface area (Å²) >= 11 is 0. The normalized spacial score (nSPS) is 25.9. The second-order valence-corrected chi connectivity index (χ2v) is 9.10. The Bertz CT molecular complexity index is 951. The van der Waals surface area contributed by atoms with Gasteiger partial charge in [0.2, 0.25) is 5.91 Å². The molecule has 5 rings (SSSR count). The summed E-state index contributed by atoms with van der Waals surface area (Å²) in [5.74, 6) is 1.20. The van der Waals surface area contributed by atoms with E-state index in [2.05, 4.69) is 36.1 Å². The minimum atomic E-state index is -0.417. The molecule has 3 aliphatic rings. The molecule has 0 bridgehead atoms. The van der Waals surface area contributed by atoms with Gasteiger partial charge in [0.05, 0.1) is 19.1 Å². The maximum absolute atomic E-state index is 14.6. The molecule has 0 aromatic heterocycles. The van der Waals surface area contributed by atoms with Gasteiger partial charge in [0.15, 0.2) is 17.3 Å². The van der Waals surface area contributed by atoms with E-state index >= 15 is 0 Å². The number of rotatable bonds is 4. The average molecular weight is 425 g/mol. The molecule has 0 radical (unpaired) electrons. The van der Waals surface area contributed by atoms with Crippen LogP contribution in [0.4, 0.5) is 4.39 Å². The maximum atomic E-state index is 14.6. The molecular weight excluding hydrogens is 395 g/mol. The van der Waals surface area contributed by atoms with E-state index in [0.29, 0.717) is 43.9 Å². The van der Waals surface area contributed by atoms with E-state index in [4.69, 9.17) is 9.47 Å². The predicted molar refractivity (Wildman–Crippen MR) is 115 cm³/mol. The first-order valence-corrected chi connectivity index (χ1v) is 11.2. The topological polar surface area (TPSA) is 42.0 Å². The van der Waals surface area contributed by atoms with Crippen LogP contribution < -0.4 is 9.47 Å². The van der Waals surface area contributed by atoms with Crippen LogP contribution in [0.5, 0.6) is 11.5 Å². The van der Waals surface area contributed by atoms with Crippen molar-refractivity contribution in [2.75, 3.05) is 32.8 Å². The summed E-state index contributed by atoms with van der Waals surface area (Å²) in [5.41, 5.74) is 2.03. The Balaban J connectivity index is 1.30. The molecule has 5 nitrogen and oxygen atoms in total. The SMILES string of the molecule is CC1CN(Cc2cc(F)c3c(c2)OCCCO3)C(=O)[C@H]2CN(Cc3ccccc3)CC12. The standard InChI is InChI=1S/C25H29FN2O3/c1-17-12-28(14-19-10-22(26)24-23(11-19)30-8-5-9-31-24)25(29)21-16-27(15-20(17)21)13-18-6-3-2-4-7-18/h2-4,6-7,10-11,17,20-21H,5,8-9,12-16H2,1H3/t17?,20?,21-/m0/s1. The van der Waals surface area contributed by atoms with Crippen LogP contribution in [-0.4, -0.2) is 48.6 Å². The van der Waals surface area contributed by atoms with Gasteiger partial charge < -0.3 is 14.4 Å². The lowest BCUT2D eigenvalue weighted by Gasteiger charge is -2.38. The van der Waals surface area contributed by atoms with Crippen LogP contribution in [-0.2, 0) is 17.9 Å². The summed E-state index contributed by atoms with van der Waals surface area (Å²) < 4.78 is 25.8. The van der Waals surface area contributed by atoms with Crippen LogP contribution >= 0.6 is 0 Å². The molecule has 6 heteroatoms. The number of benzene rings is 2. The molecule has 0 aliphatic carbocycles. The third-order valence-electron chi connectivity index (χ3n) is 6.79. The number of nitrogens with zero attached hydrogens (tertiary/aromatic N) is 2. The number of carbonyl (C=O) groups is 1. The Labute approximate surface area is 182 Å². The molecule has 0 saturated carbocycles. The first-order valence-electron chi connectivity index (χ1n) is 11.2. The van der Waals surface area contributed by atoms with Gasteiger partial charge in [-0.25, -0.2) is 4.39 Å². The summed E-state index contributed by atoms with van der Waals surface area (Å²) in [7, 11) is 0. The first kappa shape index (κ1) is 20.3. The molecule has 31 heavy (non-hydrogen) atoms. The van der Waals surface area contributed by atoms with Crippen LogP contribution in [0.3, 0.4) is 0 Å². The third-order valence-corrected chi connectivity index (χ3v) is 6.79. The largest absolute Gasteiger partial charge is 0.489 e. The van der Waals surface area contributed by atoms with Crippen LogP contribution in [0.25, 0.3) is 0 Å². The second-order valence-electron chi connectivity index (χ2n) is 9.10. The Morgan fingerprint density at radius 3 is 2.65 bits per heavy atom. The van der Waals surface area contributed by atoms with Gasteiger partial charge in [0.1, 0.15) is 0 Å². The van der Waals surface area contributed by atoms with Crippen LogP contribution in [0.2, 0.25) is 0 Å². The number of likely N-dealkylation sites (tertiary alicyclic amines) is 2. The van der Waals surface area contributed by atoms with Gasteiger partial charge in [0.25, 0.3) is 0 Å². The zero-order chi connectivity index (χ0) is 21.4. The molecule has 3 aliphatic heterocycles. The summed E-state index contributed by atoms with van der Waals surface area (Å²) in [6.07, 6.45) is 0.730. The van der Waals surface area contributed by atoms with Gasteiger partial charge in [-0.3, -0.25) is 9.69 Å². The van der Waals surface area contributed by atoms with E-state index in [1.165, 1.54) is 11.6 Å². The van der Waals surface area contributed by atoms with Crippen molar-refractivity contribution in [2.24, 2.45) is 17.8 Å². The van der Waals surface area contributed by atoms with E-state index in [-0.39, 0.29) is 17.6 Å². The van der Waals surface area contributed by atoms with Crippen molar-refractivity contribution in [3.63, 3.8) is 0 Å². The van der Waals surface area contributed by atoms with E-state index in [9.17, 15) is 9.18 Å². The Hall–Kier alpha value is -2.60. The van der Waals surface area contributed by atoms with E-state index in [1.54, 1.807) is 0 Å². The summed E-state index contributed by atoms with van der Waals surface area (Å²) in [6, 6.07) is 13.7. The minimum Gasteiger partial charge on any atom is -0.489 e. The number of ether oxygens (including phenoxy) is 2. The second kappa shape index (κ2) is 8.50. The summed E-state index contributed by atoms with van der Waals surface area (Å²) in [4.78, 5) is 17.6. The monoisotopic (exact) mass is 424 g/mol. The molecule has 1 amide bonds. The maximum Gasteiger partial charge on any atom is 0.227 e. The number of carbonyl (C=O) groups excluding carboxylic acids is 1. The van der Waals surface area contributed by atoms with E-state index in [1.807, 2.05) is 17.0 Å². The highest BCUT2D eigenvalue weighted by molar-refractivity contribution is 5.80. The van der Waals surface area contributed by atoms with Gasteiger partial charge in [0, 0.05) is 39.1 Å². The van der Waals surface area contributed by atoms with Crippen molar-refractivity contribution in [3.05, 3.63) is 59.4 Å². The van der Waals surface area contributed by atoms with Crippen molar-refractivity contribution < 1.29 is 18.7 Å². The Kier molecular flexibility index (Phi) is 5.57. The average Bonchev–Trinajstić information content (AvgIpc) is 3.03. The van der Waals surface area contributed by atoms with E-state index in [0.717, 1.165) is 31.6 Å². The highest BCUT2D eigenvalue weighted by Crippen LogP contribution is 2.38. The summed E-state index contributed by atoms with van der Waals surface area (Å²) in [5, 5.41) is 0. The lowest BCUT2D eigenvalue weighted by molar-refractivity contribution is -0.142. The minimum absolute atomic E-state index is 0.0118. The molecule has 2 unspecified atom stereocenters. The van der Waals surface area contributed by atoms with Crippen molar-refractivity contribution >= 4 is 5.91 Å². The highest BCUT2D eigenvalue weighted by atomic mass is 19.1. The smallest absolute Gasteiger partial charge is 0.227 e. The Morgan fingerprint density at radius 1 is 1.00 bits per heavy atom. The lowest BCUT2D eigenvalue weighted by Crippen LogP contribution is -2.48. The number of fused-ring (bicyclic) bond motifs is 2. The van der Waals surface area contributed by atoms with Crippen LogP contribution in [0.1, 0.15) is 24.5 Å². The van der Waals surface area contributed by atoms with Crippen molar-refractivity contribution in [1.82, 2.24) is 9.80 Å². The van der Waals surface area contributed by atoms with Crippen molar-refractivity contribution in [1.29, 1.82) is 0 Å². The number of halogens is 1. The molecule has 164 valence electrons. The molecule has 2 aromatic carbocycles. The fraction of sp³-hybridized carbons (Fsp3) is 0.480. The fourth-order valence-electron chi connectivity index (χ4n) is 5.27. The van der Waals surface area contributed by atoms with E-state index < -0.39 is 5.82 Å². The van der Waals surface area contributed by atoms with Crippen LogP contribution in [0.15, 0.2) is 42.5 Å². The first-order chi connectivity index (χ1) is 15.1. The number of hydrogen-bond acceptors (Lipinski definition) is 4. The molecule has 2 aromatic rings. The van der Waals surface area contributed by atoms with Gasteiger partial charge >= 0.3 is 0 Å². The van der Waals surface area contributed by atoms with Gasteiger partial charge in [-0.15, -0.1) is 0 Å². The molecule has 0 spiro atoms. The molecule has 2 fully saturated rings. The van der Waals surface area contributed by atoms with Crippen molar-refractivity contribution in [2.45, 2.75) is 26.4 Å². The molecule has 2 saturated heterocycles. The fourth-order valence-corrected chi connectivity index (χ4v) is 5.27. The zero-order valence-corrected chi connectivity index (χ0v) is 17.9. The molecule has 0 N–H and O–H groups in total. The molecule has 3 atom stereocenters. The van der Waals surface area contributed by atoms with Gasteiger partial charge in [-0.1, -0.05) is 37.3 Å². The number of hydrogen-bond donors (Lipinski definition) is 0. The van der Waals surface area contributed by atoms with Gasteiger partial charge in [-0.05, 0) is 35.1 Å². The number of amides is 1. The van der Waals surface area contributed by atoms with Gasteiger partial charge in [-0.2, -0.15) is 0 Å². The highest BCUT2D eigenvalue weighted by Gasteiger charge is 2.46. The zero-order valence-electron chi connectivity index (χ0n) is 17.9. The quantitative estimate of drug-likeness (QED) is 0.750. The Morgan fingerprint density at radius 2 is 1.81 bits per heavy atom. The number of piperidine rings is 1. The lowest BCUT2D eigenvalue weighted by atomic mass is 9.80. The third kappa shape index (κ3) is 4.13. The predicted octanol–water partition coefficient (Wildman–Crippen LogP) is 3.71. The molecule has 3 heterocycles. The van der Waals surface area contributed by atoms with Crippen LogP contribution in [0, 0.1) is 23.6 Å². The summed E-state index contributed by atoms with van der Waals surface area (Å²) in [6.45, 7) is 6.92. The van der Waals surface area contributed by atoms with Crippen molar-refractivity contribution in [3.8, 4) is 11.5 Å². The molecular formula is C25H29FN2O3.